The fraction of sp³-hybridized carbons (Fsp3) is 0.303. The molecule has 1 saturated carbocycles. The van der Waals surface area contributed by atoms with Gasteiger partial charge in [0.1, 0.15) is 5.54 Å². The molecule has 0 unspecified atom stereocenters. The molecule has 2 N–H and O–H groups in total. The number of benzene rings is 3. The number of carboxylic acids is 1. The summed E-state index contributed by atoms with van der Waals surface area (Å²) in [6.07, 6.45) is 8.49. The zero-order valence-electron chi connectivity index (χ0n) is 21.5. The van der Waals surface area contributed by atoms with E-state index in [-0.39, 0.29) is 5.41 Å². The number of fused-ring (bicyclic) bond motifs is 2. The molecule has 0 aromatic heterocycles. The third-order valence-corrected chi connectivity index (χ3v) is 8.99. The first-order chi connectivity index (χ1) is 18.5. The second kappa shape index (κ2) is 10.1. The molecule has 3 aromatic carbocycles. The first kappa shape index (κ1) is 25.0. The van der Waals surface area contributed by atoms with Gasteiger partial charge in [-0.1, -0.05) is 84.4 Å². The summed E-state index contributed by atoms with van der Waals surface area (Å²) in [7, 11) is 0. The van der Waals surface area contributed by atoms with Gasteiger partial charge in [-0.05, 0) is 78.1 Å². The summed E-state index contributed by atoms with van der Waals surface area (Å²) in [5, 5.41) is 14.3. The first-order valence-corrected chi connectivity index (χ1v) is 13.9. The van der Waals surface area contributed by atoms with Crippen molar-refractivity contribution in [1.82, 2.24) is 4.90 Å². The Kier molecular flexibility index (Phi) is 6.63. The number of carbonyl (C=O) groups is 1. The Balaban J connectivity index is 1.26. The van der Waals surface area contributed by atoms with E-state index in [9.17, 15) is 9.90 Å². The summed E-state index contributed by atoms with van der Waals surface area (Å²) < 4.78 is 0. The normalized spacial score (nSPS) is 25.0. The Labute approximate surface area is 229 Å². The average molecular weight is 525 g/mol. The van der Waals surface area contributed by atoms with Crippen LogP contribution in [0.2, 0.25) is 5.02 Å². The minimum absolute atomic E-state index is 0.140. The smallest absolute Gasteiger partial charge is 0.329 e. The van der Waals surface area contributed by atoms with Crippen LogP contribution in [0.25, 0.3) is 6.08 Å². The molecule has 5 heteroatoms. The molecule has 3 aliphatic rings. The summed E-state index contributed by atoms with van der Waals surface area (Å²) in [4.78, 5) is 15.2. The molecule has 0 atom stereocenters. The van der Waals surface area contributed by atoms with Gasteiger partial charge < -0.3 is 10.4 Å². The van der Waals surface area contributed by atoms with Gasteiger partial charge in [0.15, 0.2) is 0 Å². The summed E-state index contributed by atoms with van der Waals surface area (Å²) in [6.45, 7) is 2.93. The molecule has 0 saturated heterocycles. The lowest BCUT2D eigenvalue weighted by molar-refractivity contribution is -0.143. The molecule has 1 spiro atoms. The number of anilines is 1. The van der Waals surface area contributed by atoms with Crippen molar-refractivity contribution in [2.24, 2.45) is 0 Å². The predicted octanol–water partition coefficient (Wildman–Crippen LogP) is 7.32. The number of halogens is 1. The van der Waals surface area contributed by atoms with Crippen molar-refractivity contribution in [2.75, 3.05) is 18.4 Å². The highest BCUT2D eigenvalue weighted by atomic mass is 35.5. The van der Waals surface area contributed by atoms with E-state index in [1.54, 1.807) is 12.1 Å². The third kappa shape index (κ3) is 4.57. The lowest BCUT2D eigenvalue weighted by atomic mass is 9.61. The second-order valence-electron chi connectivity index (χ2n) is 11.0. The molecular formula is C33H33ClN2O2. The van der Waals surface area contributed by atoms with Crippen LogP contribution in [0.15, 0.2) is 96.1 Å². The van der Waals surface area contributed by atoms with Gasteiger partial charge in [0.25, 0.3) is 0 Å². The minimum Gasteiger partial charge on any atom is -0.480 e. The highest BCUT2D eigenvalue weighted by Gasteiger charge is 2.52. The van der Waals surface area contributed by atoms with Crippen LogP contribution in [0.1, 0.15) is 48.8 Å². The van der Waals surface area contributed by atoms with E-state index in [0.717, 1.165) is 44.6 Å². The molecule has 2 aliphatic carbocycles. The number of carboxylic acid groups (broad SMARTS) is 1. The van der Waals surface area contributed by atoms with Crippen molar-refractivity contribution in [3.05, 3.63) is 118 Å². The maximum atomic E-state index is 12.7. The molecule has 6 rings (SSSR count). The Bertz CT molecular complexity index is 1400. The molecule has 0 bridgehead atoms. The van der Waals surface area contributed by atoms with Gasteiger partial charge in [0, 0.05) is 35.8 Å². The van der Waals surface area contributed by atoms with Gasteiger partial charge in [-0.15, -0.1) is 0 Å². The van der Waals surface area contributed by atoms with Crippen molar-refractivity contribution < 1.29 is 9.90 Å². The number of allylic oxidation sites excluding steroid dienone is 1. The molecule has 1 fully saturated rings. The van der Waals surface area contributed by atoms with Gasteiger partial charge in [-0.25, -0.2) is 4.79 Å². The zero-order valence-corrected chi connectivity index (χ0v) is 22.3. The SMILES string of the molecule is O=C(O)C1(Nc2cccc(Cl)c2)CCC2(CC1)C(C1=CCN(Cc3ccccc3)CC1)=Cc1ccccc12. The Morgan fingerprint density at radius 1 is 0.947 bits per heavy atom. The number of hydrogen-bond acceptors (Lipinski definition) is 3. The molecule has 0 radical (unpaired) electrons. The predicted molar refractivity (Wildman–Crippen MR) is 154 cm³/mol. The van der Waals surface area contributed by atoms with E-state index in [2.05, 4.69) is 77.0 Å². The molecule has 4 nitrogen and oxygen atoms in total. The minimum atomic E-state index is -1.01. The van der Waals surface area contributed by atoms with E-state index in [0.29, 0.717) is 17.9 Å². The second-order valence-corrected chi connectivity index (χ2v) is 11.4. The lowest BCUT2D eigenvalue weighted by Crippen LogP contribution is -2.52. The van der Waals surface area contributed by atoms with E-state index >= 15 is 0 Å². The molecular weight excluding hydrogens is 492 g/mol. The lowest BCUT2D eigenvalue weighted by Gasteiger charge is -2.46. The van der Waals surface area contributed by atoms with Gasteiger partial charge in [-0.3, -0.25) is 4.90 Å². The number of aliphatic carboxylic acids is 1. The zero-order chi connectivity index (χ0) is 26.2. The summed E-state index contributed by atoms with van der Waals surface area (Å²) in [6, 6.07) is 26.7. The number of rotatable bonds is 6. The number of hydrogen-bond donors (Lipinski definition) is 2. The quantitative estimate of drug-likeness (QED) is 0.355. The van der Waals surface area contributed by atoms with Crippen molar-refractivity contribution in [1.29, 1.82) is 0 Å². The van der Waals surface area contributed by atoms with Crippen LogP contribution in [0.5, 0.6) is 0 Å². The number of nitrogens with one attached hydrogen (secondary N) is 1. The van der Waals surface area contributed by atoms with Gasteiger partial charge >= 0.3 is 5.97 Å². The summed E-state index contributed by atoms with van der Waals surface area (Å²) in [5.41, 5.74) is 6.41. The highest BCUT2D eigenvalue weighted by Crippen LogP contribution is 2.56. The van der Waals surface area contributed by atoms with E-state index in [1.165, 1.54) is 27.8 Å². The number of nitrogens with zero attached hydrogens (tertiary/aromatic N) is 1. The third-order valence-electron chi connectivity index (χ3n) is 8.75. The van der Waals surface area contributed by atoms with Crippen molar-refractivity contribution in [2.45, 2.75) is 49.6 Å². The van der Waals surface area contributed by atoms with Crippen molar-refractivity contribution >= 4 is 29.3 Å². The average Bonchev–Trinajstić information content (AvgIpc) is 3.25. The Morgan fingerprint density at radius 3 is 2.42 bits per heavy atom. The Morgan fingerprint density at radius 2 is 1.71 bits per heavy atom. The van der Waals surface area contributed by atoms with Gasteiger partial charge in [0.2, 0.25) is 0 Å². The van der Waals surface area contributed by atoms with Crippen LogP contribution in [0.4, 0.5) is 5.69 Å². The maximum Gasteiger partial charge on any atom is 0.329 e. The molecule has 194 valence electrons. The van der Waals surface area contributed by atoms with Gasteiger partial charge in [-0.2, -0.15) is 0 Å². The van der Waals surface area contributed by atoms with Crippen molar-refractivity contribution in [3.8, 4) is 0 Å². The van der Waals surface area contributed by atoms with Crippen LogP contribution in [-0.2, 0) is 16.8 Å². The molecule has 1 aliphatic heterocycles. The van der Waals surface area contributed by atoms with Crippen molar-refractivity contribution in [3.63, 3.8) is 0 Å². The topological polar surface area (TPSA) is 52.6 Å². The highest BCUT2D eigenvalue weighted by molar-refractivity contribution is 6.30. The van der Waals surface area contributed by atoms with Crippen LogP contribution < -0.4 is 5.32 Å². The largest absolute Gasteiger partial charge is 0.480 e. The van der Waals surface area contributed by atoms with Crippen LogP contribution >= 0.6 is 11.6 Å². The van der Waals surface area contributed by atoms with Crippen LogP contribution in [-0.4, -0.2) is 34.6 Å². The summed E-state index contributed by atoms with van der Waals surface area (Å²) >= 11 is 6.20. The van der Waals surface area contributed by atoms with E-state index in [1.807, 2.05) is 12.1 Å². The van der Waals surface area contributed by atoms with Gasteiger partial charge in [0.05, 0.1) is 0 Å². The maximum absolute atomic E-state index is 12.7. The van der Waals surface area contributed by atoms with E-state index < -0.39 is 11.5 Å². The standard InChI is InChI=1S/C33H33ClN2O2/c34-27-10-6-11-28(22-27)35-33(31(37)38)17-15-32(16-18-33)29-12-5-4-9-26(29)21-30(32)25-13-19-36(20-14-25)23-24-7-2-1-3-8-24/h1-13,21-22,35H,14-20,23H2,(H,37,38). The molecule has 0 amide bonds. The fourth-order valence-corrected chi connectivity index (χ4v) is 6.91. The van der Waals surface area contributed by atoms with Crippen LogP contribution in [0, 0.1) is 0 Å². The van der Waals surface area contributed by atoms with Crippen LogP contribution in [0.3, 0.4) is 0 Å². The summed E-state index contributed by atoms with van der Waals surface area (Å²) in [5.74, 6) is -0.794. The molecule has 38 heavy (non-hydrogen) atoms. The fourth-order valence-electron chi connectivity index (χ4n) is 6.72. The first-order valence-electron chi connectivity index (χ1n) is 13.5. The van der Waals surface area contributed by atoms with E-state index in [4.69, 9.17) is 11.6 Å². The monoisotopic (exact) mass is 524 g/mol. The Hall–Kier alpha value is -3.34. The molecule has 1 heterocycles. The molecule has 3 aromatic rings.